The third-order valence-electron chi connectivity index (χ3n) is 3.50. The number of carbonyl (C=O) groups excluding carboxylic acids is 2. The first kappa shape index (κ1) is 15.8. The average molecular weight is 297 g/mol. The molecule has 2 amide bonds. The Hall–Kier alpha value is -2.61. The lowest BCUT2D eigenvalue weighted by molar-refractivity contribution is -0.120. The molecule has 1 aromatic carbocycles. The fourth-order valence-corrected chi connectivity index (χ4v) is 2.14. The number of nitriles is 1. The number of amides is 2. The van der Waals surface area contributed by atoms with Crippen molar-refractivity contribution in [2.24, 2.45) is 5.92 Å². The van der Waals surface area contributed by atoms with Gasteiger partial charge >= 0.3 is 0 Å². The number of nitrogens with zero attached hydrogens (tertiary/aromatic N) is 1. The van der Waals surface area contributed by atoms with Crippen LogP contribution in [0, 0.1) is 17.2 Å². The zero-order valence-corrected chi connectivity index (χ0v) is 12.6. The van der Waals surface area contributed by atoms with E-state index in [4.69, 9.17) is 5.26 Å². The summed E-state index contributed by atoms with van der Waals surface area (Å²) in [7, 11) is 0. The molecule has 1 aromatic rings. The molecular weight excluding hydrogens is 278 g/mol. The van der Waals surface area contributed by atoms with Crippen LogP contribution in [0.25, 0.3) is 0 Å². The third kappa shape index (κ3) is 5.06. The van der Waals surface area contributed by atoms with Crippen molar-refractivity contribution in [2.75, 3.05) is 5.32 Å². The fraction of sp³-hybridized carbons (Fsp3) is 0.353. The number of allylic oxidation sites excluding steroid dienone is 1. The van der Waals surface area contributed by atoms with Gasteiger partial charge in [-0.25, -0.2) is 0 Å². The molecule has 0 spiro atoms. The minimum Gasteiger partial charge on any atom is -0.351 e. The standard InChI is InChI=1S/C17H19N3O2/c1-12(14-5-6-14)9-17(22)20-15-4-2-3-13(10-15)11-19-16(21)7-8-18/h2-4,9-10,14H,5-7,11H2,1H3,(H,19,21)(H,20,22)/b12-9+. The molecule has 1 aliphatic carbocycles. The van der Waals surface area contributed by atoms with Gasteiger partial charge in [-0.3, -0.25) is 9.59 Å². The first-order valence-corrected chi connectivity index (χ1v) is 7.30. The molecule has 1 fully saturated rings. The van der Waals surface area contributed by atoms with Crippen LogP contribution in [-0.2, 0) is 16.1 Å². The molecule has 1 aliphatic rings. The van der Waals surface area contributed by atoms with Gasteiger partial charge in [0.1, 0.15) is 6.42 Å². The Balaban J connectivity index is 1.90. The summed E-state index contributed by atoms with van der Waals surface area (Å²) in [4.78, 5) is 23.2. The summed E-state index contributed by atoms with van der Waals surface area (Å²) < 4.78 is 0. The number of nitrogens with one attached hydrogen (secondary N) is 2. The molecule has 114 valence electrons. The molecule has 0 heterocycles. The molecule has 0 radical (unpaired) electrons. The normalized spacial score (nSPS) is 14.1. The number of hydrogen-bond acceptors (Lipinski definition) is 3. The largest absolute Gasteiger partial charge is 0.351 e. The first-order valence-electron chi connectivity index (χ1n) is 7.30. The highest BCUT2D eigenvalue weighted by Crippen LogP contribution is 2.35. The van der Waals surface area contributed by atoms with Crippen molar-refractivity contribution in [1.29, 1.82) is 5.26 Å². The Morgan fingerprint density at radius 1 is 1.41 bits per heavy atom. The molecule has 0 aliphatic heterocycles. The molecule has 0 aromatic heterocycles. The second-order valence-corrected chi connectivity index (χ2v) is 5.46. The summed E-state index contributed by atoms with van der Waals surface area (Å²) in [6, 6.07) is 9.09. The van der Waals surface area contributed by atoms with E-state index >= 15 is 0 Å². The Morgan fingerprint density at radius 3 is 2.86 bits per heavy atom. The van der Waals surface area contributed by atoms with E-state index in [0.717, 1.165) is 11.1 Å². The first-order chi connectivity index (χ1) is 10.6. The van der Waals surface area contributed by atoms with E-state index in [9.17, 15) is 9.59 Å². The van der Waals surface area contributed by atoms with Gasteiger partial charge in [0.2, 0.25) is 11.8 Å². The van der Waals surface area contributed by atoms with Gasteiger partial charge in [0.25, 0.3) is 0 Å². The van der Waals surface area contributed by atoms with Crippen molar-refractivity contribution >= 4 is 17.5 Å². The molecule has 1 saturated carbocycles. The van der Waals surface area contributed by atoms with Gasteiger partial charge in [0.05, 0.1) is 6.07 Å². The van der Waals surface area contributed by atoms with Gasteiger partial charge in [-0.15, -0.1) is 0 Å². The summed E-state index contributed by atoms with van der Waals surface area (Å²) in [6.07, 6.45) is 3.85. The van der Waals surface area contributed by atoms with Crippen LogP contribution < -0.4 is 10.6 Å². The fourth-order valence-electron chi connectivity index (χ4n) is 2.14. The van der Waals surface area contributed by atoms with Gasteiger partial charge in [-0.2, -0.15) is 5.26 Å². The maximum absolute atomic E-state index is 11.9. The van der Waals surface area contributed by atoms with Crippen LogP contribution in [0.2, 0.25) is 0 Å². The topological polar surface area (TPSA) is 82.0 Å². The molecule has 0 unspecified atom stereocenters. The average Bonchev–Trinajstić information content (AvgIpc) is 3.30. The predicted molar refractivity (Wildman–Crippen MR) is 83.6 cm³/mol. The molecule has 2 rings (SSSR count). The number of rotatable bonds is 6. The second kappa shape index (κ2) is 7.41. The Bertz CT molecular complexity index is 640. The van der Waals surface area contributed by atoms with Crippen LogP contribution in [0.4, 0.5) is 5.69 Å². The van der Waals surface area contributed by atoms with E-state index in [2.05, 4.69) is 10.6 Å². The monoisotopic (exact) mass is 297 g/mol. The quantitative estimate of drug-likeness (QED) is 0.791. The summed E-state index contributed by atoms with van der Waals surface area (Å²) in [5, 5.41) is 13.9. The van der Waals surface area contributed by atoms with Crippen molar-refractivity contribution in [3.05, 3.63) is 41.5 Å². The van der Waals surface area contributed by atoms with Crippen LogP contribution in [0.5, 0.6) is 0 Å². The lowest BCUT2D eigenvalue weighted by Crippen LogP contribution is -2.21. The number of carbonyl (C=O) groups is 2. The van der Waals surface area contributed by atoms with Gasteiger partial charge in [-0.05, 0) is 43.4 Å². The maximum Gasteiger partial charge on any atom is 0.248 e. The van der Waals surface area contributed by atoms with E-state index in [1.165, 1.54) is 12.8 Å². The molecule has 5 heteroatoms. The Kier molecular flexibility index (Phi) is 5.31. The van der Waals surface area contributed by atoms with E-state index < -0.39 is 0 Å². The van der Waals surface area contributed by atoms with E-state index in [1.807, 2.05) is 25.1 Å². The molecule has 22 heavy (non-hydrogen) atoms. The zero-order valence-electron chi connectivity index (χ0n) is 12.6. The van der Waals surface area contributed by atoms with Crippen LogP contribution >= 0.6 is 0 Å². The SMILES string of the molecule is C/C(=C\C(=O)Nc1cccc(CNC(=O)CC#N)c1)C1CC1. The minimum atomic E-state index is -0.306. The highest BCUT2D eigenvalue weighted by atomic mass is 16.2. The number of hydrogen-bond donors (Lipinski definition) is 2. The van der Waals surface area contributed by atoms with Crippen molar-refractivity contribution in [3.8, 4) is 6.07 Å². The van der Waals surface area contributed by atoms with Gasteiger partial charge in [0.15, 0.2) is 0 Å². The zero-order chi connectivity index (χ0) is 15.9. The molecule has 0 atom stereocenters. The lowest BCUT2D eigenvalue weighted by atomic mass is 10.1. The molecule has 5 nitrogen and oxygen atoms in total. The van der Waals surface area contributed by atoms with Gasteiger partial charge < -0.3 is 10.6 Å². The van der Waals surface area contributed by atoms with Gasteiger partial charge in [-0.1, -0.05) is 17.7 Å². The van der Waals surface area contributed by atoms with Crippen LogP contribution in [-0.4, -0.2) is 11.8 Å². The van der Waals surface area contributed by atoms with E-state index in [-0.39, 0.29) is 18.2 Å². The van der Waals surface area contributed by atoms with Gasteiger partial charge in [0, 0.05) is 18.3 Å². The third-order valence-corrected chi connectivity index (χ3v) is 3.50. The Morgan fingerprint density at radius 2 is 2.18 bits per heavy atom. The summed E-state index contributed by atoms with van der Waals surface area (Å²) in [6.45, 7) is 2.32. The maximum atomic E-state index is 11.9. The number of anilines is 1. The van der Waals surface area contributed by atoms with E-state index in [0.29, 0.717) is 18.2 Å². The second-order valence-electron chi connectivity index (χ2n) is 5.46. The van der Waals surface area contributed by atoms with Crippen LogP contribution in [0.1, 0.15) is 31.7 Å². The Labute approximate surface area is 130 Å². The molecule has 0 saturated heterocycles. The van der Waals surface area contributed by atoms with Crippen molar-refractivity contribution in [2.45, 2.75) is 32.7 Å². The predicted octanol–water partition coefficient (Wildman–Crippen LogP) is 2.51. The van der Waals surface area contributed by atoms with Crippen LogP contribution in [0.15, 0.2) is 35.9 Å². The highest BCUT2D eigenvalue weighted by molar-refractivity contribution is 5.99. The lowest BCUT2D eigenvalue weighted by Gasteiger charge is -2.07. The van der Waals surface area contributed by atoms with Crippen molar-refractivity contribution < 1.29 is 9.59 Å². The summed E-state index contributed by atoms with van der Waals surface area (Å²) >= 11 is 0. The molecule has 2 N–H and O–H groups in total. The highest BCUT2D eigenvalue weighted by Gasteiger charge is 2.23. The van der Waals surface area contributed by atoms with Crippen molar-refractivity contribution in [3.63, 3.8) is 0 Å². The van der Waals surface area contributed by atoms with Crippen molar-refractivity contribution in [1.82, 2.24) is 5.32 Å². The molecule has 0 bridgehead atoms. The summed E-state index contributed by atoms with van der Waals surface area (Å²) in [5.41, 5.74) is 2.68. The number of benzene rings is 1. The molecular formula is C17H19N3O2. The van der Waals surface area contributed by atoms with E-state index in [1.54, 1.807) is 18.2 Å². The smallest absolute Gasteiger partial charge is 0.248 e. The minimum absolute atomic E-state index is 0.130. The van der Waals surface area contributed by atoms with Crippen LogP contribution in [0.3, 0.4) is 0 Å². The summed E-state index contributed by atoms with van der Waals surface area (Å²) in [5.74, 6) is 0.141.